The Morgan fingerprint density at radius 2 is 1.48 bits per heavy atom. The van der Waals surface area contributed by atoms with Gasteiger partial charge in [-0.2, -0.15) is 0 Å². The van der Waals surface area contributed by atoms with E-state index in [0.29, 0.717) is 27.3 Å². The summed E-state index contributed by atoms with van der Waals surface area (Å²) in [5.41, 5.74) is 1.57. The minimum Gasteiger partial charge on any atom is -0.457 e. The molecule has 6 heteroatoms. The molecule has 3 aromatic carbocycles. The molecule has 0 aliphatic heterocycles. The van der Waals surface area contributed by atoms with Crippen molar-refractivity contribution in [1.82, 2.24) is 0 Å². The molecule has 0 aromatic heterocycles. The first kappa shape index (κ1) is 19.6. The van der Waals surface area contributed by atoms with E-state index >= 15 is 0 Å². The van der Waals surface area contributed by atoms with E-state index in [1.54, 1.807) is 18.2 Å². The van der Waals surface area contributed by atoms with Crippen molar-refractivity contribution in [3.05, 3.63) is 88.4 Å². The van der Waals surface area contributed by atoms with Crippen LogP contribution in [0.4, 0.5) is 5.69 Å². The van der Waals surface area contributed by atoms with Crippen molar-refractivity contribution in [2.24, 2.45) is 0 Å². The number of rotatable bonds is 7. The molecule has 0 aliphatic carbocycles. The molecule has 138 valence electrons. The zero-order chi connectivity index (χ0) is 19.1. The van der Waals surface area contributed by atoms with Gasteiger partial charge in [0.25, 0.3) is 0 Å². The largest absolute Gasteiger partial charge is 0.457 e. The average molecular weight is 418 g/mol. The van der Waals surface area contributed by atoms with Gasteiger partial charge in [-0.25, -0.2) is 0 Å². The van der Waals surface area contributed by atoms with Crippen LogP contribution in [-0.4, -0.2) is 11.7 Å². The Morgan fingerprint density at radius 3 is 2.15 bits per heavy atom. The second kappa shape index (κ2) is 9.70. The van der Waals surface area contributed by atoms with Crippen LogP contribution in [0, 0.1) is 0 Å². The maximum absolute atomic E-state index is 12.1. The highest BCUT2D eigenvalue weighted by Gasteiger charge is 2.08. The van der Waals surface area contributed by atoms with E-state index in [2.05, 4.69) is 5.32 Å². The zero-order valence-corrected chi connectivity index (χ0v) is 16.7. The fraction of sp³-hybridized carbons (Fsp3) is 0.0952. The van der Waals surface area contributed by atoms with Gasteiger partial charge < -0.3 is 10.1 Å². The fourth-order valence-corrected chi connectivity index (χ4v) is 3.91. The van der Waals surface area contributed by atoms with Crippen molar-refractivity contribution in [2.75, 3.05) is 11.1 Å². The van der Waals surface area contributed by atoms with Gasteiger partial charge in [-0.1, -0.05) is 47.5 Å². The number of benzene rings is 3. The molecule has 0 fully saturated rings. The third-order valence-corrected chi connectivity index (χ3v) is 5.33. The summed E-state index contributed by atoms with van der Waals surface area (Å²) in [7, 11) is 0. The Kier molecular flexibility index (Phi) is 7.04. The molecule has 0 atom stereocenters. The number of nitrogens with one attached hydrogen (secondary N) is 1. The van der Waals surface area contributed by atoms with Crippen LogP contribution < -0.4 is 10.1 Å². The summed E-state index contributed by atoms with van der Waals surface area (Å²) >= 11 is 13.7. The zero-order valence-electron chi connectivity index (χ0n) is 14.3. The molecule has 3 nitrogen and oxygen atoms in total. The molecule has 0 aliphatic rings. The van der Waals surface area contributed by atoms with Crippen LogP contribution >= 0.6 is 35.0 Å². The van der Waals surface area contributed by atoms with Crippen molar-refractivity contribution < 1.29 is 9.53 Å². The first-order valence-corrected chi connectivity index (χ1v) is 10.2. The van der Waals surface area contributed by atoms with Gasteiger partial charge in [-0.3, -0.25) is 4.79 Å². The molecule has 27 heavy (non-hydrogen) atoms. The van der Waals surface area contributed by atoms with E-state index in [0.717, 1.165) is 17.0 Å². The molecule has 0 unspecified atom stereocenters. The lowest BCUT2D eigenvalue weighted by Crippen LogP contribution is -2.14. The molecular formula is C21H17Cl2NO2S. The molecule has 0 saturated carbocycles. The van der Waals surface area contributed by atoms with Crippen LogP contribution in [0.3, 0.4) is 0 Å². The summed E-state index contributed by atoms with van der Waals surface area (Å²) in [6.07, 6.45) is 0. The first-order chi connectivity index (χ1) is 13.1. The van der Waals surface area contributed by atoms with Crippen molar-refractivity contribution in [3.63, 3.8) is 0 Å². The second-order valence-electron chi connectivity index (χ2n) is 5.68. The summed E-state index contributed by atoms with van der Waals surface area (Å²) in [4.78, 5) is 12.1. The Hall–Kier alpha value is -2.14. The Morgan fingerprint density at radius 1 is 0.852 bits per heavy atom. The summed E-state index contributed by atoms with van der Waals surface area (Å²) in [6, 6.07) is 22.2. The van der Waals surface area contributed by atoms with Crippen molar-refractivity contribution in [1.29, 1.82) is 0 Å². The number of halogens is 2. The van der Waals surface area contributed by atoms with Gasteiger partial charge in [0.05, 0.1) is 5.75 Å². The van der Waals surface area contributed by atoms with Crippen LogP contribution in [0.1, 0.15) is 5.56 Å². The Balaban J connectivity index is 1.48. The van der Waals surface area contributed by atoms with E-state index < -0.39 is 0 Å². The van der Waals surface area contributed by atoms with Gasteiger partial charge in [-0.15, -0.1) is 11.8 Å². The summed E-state index contributed by atoms with van der Waals surface area (Å²) in [6.45, 7) is 0. The predicted molar refractivity (Wildman–Crippen MR) is 114 cm³/mol. The fourth-order valence-electron chi connectivity index (χ4n) is 2.34. The summed E-state index contributed by atoms with van der Waals surface area (Å²) in [5, 5.41) is 4.10. The number of ether oxygens (including phenoxy) is 1. The van der Waals surface area contributed by atoms with Gasteiger partial charge in [0, 0.05) is 21.5 Å². The summed E-state index contributed by atoms with van der Waals surface area (Å²) in [5.74, 6) is 2.28. The molecule has 3 aromatic rings. The lowest BCUT2D eigenvalue weighted by Gasteiger charge is -2.09. The van der Waals surface area contributed by atoms with Gasteiger partial charge >= 0.3 is 0 Å². The van der Waals surface area contributed by atoms with Crippen LogP contribution in [0.15, 0.2) is 72.8 Å². The molecule has 0 radical (unpaired) electrons. The second-order valence-corrected chi connectivity index (χ2v) is 7.48. The van der Waals surface area contributed by atoms with E-state index in [4.69, 9.17) is 27.9 Å². The van der Waals surface area contributed by atoms with Gasteiger partial charge in [0.15, 0.2) is 0 Å². The maximum atomic E-state index is 12.1. The molecule has 1 amide bonds. The van der Waals surface area contributed by atoms with Gasteiger partial charge in [0.2, 0.25) is 5.91 Å². The Bertz CT molecular complexity index is 882. The highest BCUT2D eigenvalue weighted by molar-refractivity contribution is 7.99. The van der Waals surface area contributed by atoms with Gasteiger partial charge in [0.1, 0.15) is 11.5 Å². The molecule has 0 saturated heterocycles. The standard InChI is InChI=1S/C21H17Cl2NO2S/c22-19-7-4-8-20(23)18(19)13-27-14-21(25)24-15-9-11-17(12-10-15)26-16-5-2-1-3-6-16/h1-12H,13-14H2,(H,24,25). The smallest absolute Gasteiger partial charge is 0.234 e. The molecule has 0 spiro atoms. The number of thioether (sulfide) groups is 1. The van der Waals surface area contributed by atoms with Crippen molar-refractivity contribution in [2.45, 2.75) is 5.75 Å². The van der Waals surface area contributed by atoms with E-state index in [1.807, 2.05) is 54.6 Å². The minimum absolute atomic E-state index is 0.0834. The SMILES string of the molecule is O=C(CSCc1c(Cl)cccc1Cl)Nc1ccc(Oc2ccccc2)cc1. The highest BCUT2D eigenvalue weighted by Crippen LogP contribution is 2.28. The number of hydrogen-bond donors (Lipinski definition) is 1. The van der Waals surface area contributed by atoms with Crippen LogP contribution in [0.25, 0.3) is 0 Å². The first-order valence-electron chi connectivity index (χ1n) is 8.25. The number of para-hydroxylation sites is 1. The Labute approximate surface area is 172 Å². The van der Waals surface area contributed by atoms with Crippen LogP contribution in [0.5, 0.6) is 11.5 Å². The monoisotopic (exact) mass is 417 g/mol. The third-order valence-electron chi connectivity index (χ3n) is 3.66. The molecular weight excluding hydrogens is 401 g/mol. The molecule has 3 rings (SSSR count). The number of carbonyl (C=O) groups is 1. The minimum atomic E-state index is -0.0834. The van der Waals surface area contributed by atoms with Crippen LogP contribution in [-0.2, 0) is 10.5 Å². The lowest BCUT2D eigenvalue weighted by molar-refractivity contribution is -0.113. The number of anilines is 1. The van der Waals surface area contributed by atoms with E-state index in [9.17, 15) is 4.79 Å². The predicted octanol–water partition coefficient (Wildman–Crippen LogP) is 6.66. The number of hydrogen-bond acceptors (Lipinski definition) is 3. The molecule has 1 N–H and O–H groups in total. The molecule has 0 heterocycles. The average Bonchev–Trinajstić information content (AvgIpc) is 2.67. The van der Waals surface area contributed by atoms with Crippen LogP contribution in [0.2, 0.25) is 10.0 Å². The molecule has 0 bridgehead atoms. The van der Waals surface area contributed by atoms with Crippen molar-refractivity contribution >= 4 is 46.6 Å². The third kappa shape index (κ3) is 5.93. The van der Waals surface area contributed by atoms with Crippen molar-refractivity contribution in [3.8, 4) is 11.5 Å². The quantitative estimate of drug-likeness (QED) is 0.466. The van der Waals surface area contributed by atoms with Gasteiger partial charge in [-0.05, 0) is 54.1 Å². The lowest BCUT2D eigenvalue weighted by atomic mass is 10.2. The highest BCUT2D eigenvalue weighted by atomic mass is 35.5. The normalized spacial score (nSPS) is 10.4. The maximum Gasteiger partial charge on any atom is 0.234 e. The topological polar surface area (TPSA) is 38.3 Å². The van der Waals surface area contributed by atoms with E-state index in [1.165, 1.54) is 11.8 Å². The summed E-state index contributed by atoms with van der Waals surface area (Å²) < 4.78 is 5.73. The number of amides is 1. The van der Waals surface area contributed by atoms with E-state index in [-0.39, 0.29) is 5.91 Å². The number of carbonyl (C=O) groups excluding carboxylic acids is 1.